The molecular formula is C15H31N3O3. The monoisotopic (exact) mass is 301 g/mol. The van der Waals surface area contributed by atoms with Crippen molar-refractivity contribution < 1.29 is 14.3 Å². The highest BCUT2D eigenvalue weighted by atomic mass is 16.5. The number of nitrogens with one attached hydrogen (secondary N) is 2. The molecule has 0 spiro atoms. The maximum absolute atomic E-state index is 11.1. The van der Waals surface area contributed by atoms with Gasteiger partial charge in [-0.2, -0.15) is 0 Å². The molecule has 124 valence electrons. The molecule has 0 saturated heterocycles. The average Bonchev–Trinajstić information content (AvgIpc) is 2.45. The second-order valence-electron chi connectivity index (χ2n) is 4.97. The maximum Gasteiger partial charge on any atom is 0.305 e. The topological polar surface area (TPSA) is 72.0 Å². The van der Waals surface area contributed by atoms with Gasteiger partial charge in [-0.25, -0.2) is 0 Å². The first-order chi connectivity index (χ1) is 10.1. The number of unbranched alkanes of at least 4 members (excludes halogenated alkanes) is 3. The molecule has 0 amide bonds. The van der Waals surface area contributed by atoms with Crippen molar-refractivity contribution >= 4 is 11.9 Å². The van der Waals surface area contributed by atoms with Crippen molar-refractivity contribution in [2.45, 2.75) is 52.0 Å². The Kier molecular flexibility index (Phi) is 12.8. The Bertz CT molecular complexity index is 296. The summed E-state index contributed by atoms with van der Waals surface area (Å²) in [4.78, 5) is 15.3. The predicted molar refractivity (Wildman–Crippen MR) is 85.6 cm³/mol. The summed E-state index contributed by atoms with van der Waals surface area (Å²) in [5.74, 6) is 0.707. The standard InChI is InChI=1S/C15H31N3O3/c1-5-21-14(19)10-8-6-7-9-11-17-15(16-3)18-13(2)12-20-4/h13H,5-12H2,1-4H3,(H2,16,17,18). The molecule has 0 aliphatic heterocycles. The van der Waals surface area contributed by atoms with Crippen LogP contribution in [0, 0.1) is 0 Å². The number of carbonyl (C=O) groups excluding carboxylic acids is 1. The second kappa shape index (κ2) is 13.7. The fourth-order valence-electron chi connectivity index (χ4n) is 1.91. The van der Waals surface area contributed by atoms with Gasteiger partial charge in [0.25, 0.3) is 0 Å². The van der Waals surface area contributed by atoms with Crippen molar-refractivity contribution in [3.05, 3.63) is 0 Å². The predicted octanol–water partition coefficient (Wildman–Crippen LogP) is 1.70. The number of carbonyl (C=O) groups is 1. The van der Waals surface area contributed by atoms with Gasteiger partial charge >= 0.3 is 5.97 Å². The Balaban J connectivity index is 3.54. The van der Waals surface area contributed by atoms with Crippen molar-refractivity contribution in [3.8, 4) is 0 Å². The quantitative estimate of drug-likeness (QED) is 0.263. The third-order valence-corrected chi connectivity index (χ3v) is 2.93. The van der Waals surface area contributed by atoms with Crippen molar-refractivity contribution in [1.29, 1.82) is 0 Å². The molecular weight excluding hydrogens is 270 g/mol. The molecule has 0 aromatic heterocycles. The summed E-state index contributed by atoms with van der Waals surface area (Å²) >= 11 is 0. The summed E-state index contributed by atoms with van der Waals surface area (Å²) in [6.07, 6.45) is 4.63. The van der Waals surface area contributed by atoms with E-state index in [1.807, 2.05) is 13.8 Å². The molecule has 0 aromatic carbocycles. The molecule has 0 aromatic rings. The van der Waals surface area contributed by atoms with Gasteiger partial charge in [0.2, 0.25) is 0 Å². The largest absolute Gasteiger partial charge is 0.466 e. The molecule has 6 heteroatoms. The minimum absolute atomic E-state index is 0.0904. The minimum atomic E-state index is -0.0904. The molecule has 0 aliphatic rings. The lowest BCUT2D eigenvalue weighted by molar-refractivity contribution is -0.143. The third kappa shape index (κ3) is 12.2. The zero-order valence-corrected chi connectivity index (χ0v) is 13.9. The van der Waals surface area contributed by atoms with Crippen molar-refractivity contribution in [1.82, 2.24) is 10.6 Å². The van der Waals surface area contributed by atoms with Gasteiger partial charge in [0.15, 0.2) is 5.96 Å². The van der Waals surface area contributed by atoms with E-state index in [9.17, 15) is 4.79 Å². The van der Waals surface area contributed by atoms with E-state index in [1.165, 1.54) is 0 Å². The van der Waals surface area contributed by atoms with Crippen LogP contribution < -0.4 is 10.6 Å². The molecule has 0 bridgehead atoms. The third-order valence-electron chi connectivity index (χ3n) is 2.93. The van der Waals surface area contributed by atoms with E-state index in [2.05, 4.69) is 15.6 Å². The summed E-state index contributed by atoms with van der Waals surface area (Å²) in [5, 5.41) is 6.52. The Hall–Kier alpha value is -1.30. The van der Waals surface area contributed by atoms with Crippen molar-refractivity contribution in [2.24, 2.45) is 4.99 Å². The number of rotatable bonds is 11. The van der Waals surface area contributed by atoms with E-state index >= 15 is 0 Å². The molecule has 0 fully saturated rings. The van der Waals surface area contributed by atoms with Crippen molar-refractivity contribution in [2.75, 3.05) is 33.9 Å². The molecule has 21 heavy (non-hydrogen) atoms. The van der Waals surface area contributed by atoms with Crippen LogP contribution in [0.3, 0.4) is 0 Å². The van der Waals surface area contributed by atoms with Crippen molar-refractivity contribution in [3.63, 3.8) is 0 Å². The first-order valence-electron chi connectivity index (χ1n) is 7.75. The molecule has 2 N–H and O–H groups in total. The van der Waals surface area contributed by atoms with Crippen LogP contribution >= 0.6 is 0 Å². The van der Waals surface area contributed by atoms with Crippen LogP contribution in [0.2, 0.25) is 0 Å². The van der Waals surface area contributed by atoms with Gasteiger partial charge < -0.3 is 20.1 Å². The normalized spacial score (nSPS) is 12.9. The van der Waals surface area contributed by atoms with Gasteiger partial charge in [-0.1, -0.05) is 12.8 Å². The molecule has 0 saturated carbocycles. The number of ether oxygens (including phenoxy) is 2. The highest BCUT2D eigenvalue weighted by Gasteiger charge is 2.04. The van der Waals surface area contributed by atoms with Crippen LogP contribution in [0.5, 0.6) is 0 Å². The number of methoxy groups -OCH3 is 1. The van der Waals surface area contributed by atoms with E-state index < -0.39 is 0 Å². The van der Waals surface area contributed by atoms with Gasteiger partial charge in [-0.15, -0.1) is 0 Å². The SMILES string of the molecule is CCOC(=O)CCCCCCNC(=NC)NC(C)COC. The maximum atomic E-state index is 11.1. The fourth-order valence-corrected chi connectivity index (χ4v) is 1.91. The lowest BCUT2D eigenvalue weighted by Crippen LogP contribution is -2.44. The molecule has 0 heterocycles. The van der Waals surface area contributed by atoms with Crippen LogP contribution in [0.1, 0.15) is 46.0 Å². The molecule has 1 unspecified atom stereocenters. The van der Waals surface area contributed by atoms with Gasteiger partial charge in [0.05, 0.1) is 13.2 Å². The Morgan fingerprint density at radius 1 is 1.24 bits per heavy atom. The summed E-state index contributed by atoms with van der Waals surface area (Å²) in [6.45, 7) is 5.87. The van der Waals surface area contributed by atoms with Crippen LogP contribution in [-0.4, -0.2) is 51.9 Å². The lowest BCUT2D eigenvalue weighted by Gasteiger charge is -2.17. The lowest BCUT2D eigenvalue weighted by atomic mass is 10.1. The summed E-state index contributed by atoms with van der Waals surface area (Å²) in [5.41, 5.74) is 0. The number of hydrogen-bond donors (Lipinski definition) is 2. The van der Waals surface area contributed by atoms with E-state index in [1.54, 1.807) is 14.2 Å². The van der Waals surface area contributed by atoms with Gasteiger partial charge in [0, 0.05) is 33.2 Å². The Morgan fingerprint density at radius 3 is 2.57 bits per heavy atom. The van der Waals surface area contributed by atoms with Crippen LogP contribution in [0.25, 0.3) is 0 Å². The highest BCUT2D eigenvalue weighted by Crippen LogP contribution is 2.03. The van der Waals surface area contributed by atoms with Crippen LogP contribution in [0.15, 0.2) is 4.99 Å². The molecule has 1 atom stereocenters. The fraction of sp³-hybridized carbons (Fsp3) is 0.867. The smallest absolute Gasteiger partial charge is 0.305 e. The Labute approximate surface area is 128 Å². The van der Waals surface area contributed by atoms with Gasteiger partial charge in [0.1, 0.15) is 0 Å². The first-order valence-corrected chi connectivity index (χ1v) is 7.75. The number of hydrogen-bond acceptors (Lipinski definition) is 4. The van der Waals surface area contributed by atoms with Crippen LogP contribution in [-0.2, 0) is 14.3 Å². The van der Waals surface area contributed by atoms with Gasteiger partial charge in [-0.05, 0) is 26.7 Å². The van der Waals surface area contributed by atoms with E-state index in [4.69, 9.17) is 9.47 Å². The highest BCUT2D eigenvalue weighted by molar-refractivity contribution is 5.79. The van der Waals surface area contributed by atoms with Crippen LogP contribution in [0.4, 0.5) is 0 Å². The average molecular weight is 301 g/mol. The number of nitrogens with zero attached hydrogens (tertiary/aromatic N) is 1. The summed E-state index contributed by atoms with van der Waals surface area (Å²) in [6, 6.07) is 0.228. The second-order valence-corrected chi connectivity index (χ2v) is 4.97. The van der Waals surface area contributed by atoms with E-state index in [-0.39, 0.29) is 12.0 Å². The zero-order valence-electron chi connectivity index (χ0n) is 13.9. The molecule has 6 nitrogen and oxygen atoms in total. The van der Waals surface area contributed by atoms with E-state index in [0.29, 0.717) is 19.6 Å². The van der Waals surface area contributed by atoms with E-state index in [0.717, 1.165) is 38.2 Å². The first kappa shape index (κ1) is 19.7. The number of aliphatic imine (C=N–C) groups is 1. The summed E-state index contributed by atoms with van der Waals surface area (Å²) in [7, 11) is 3.44. The zero-order chi connectivity index (χ0) is 15.9. The minimum Gasteiger partial charge on any atom is -0.466 e. The molecule has 0 aliphatic carbocycles. The van der Waals surface area contributed by atoms with Gasteiger partial charge in [-0.3, -0.25) is 9.79 Å². The molecule has 0 rings (SSSR count). The summed E-state index contributed by atoms with van der Waals surface area (Å²) < 4.78 is 9.96. The number of guanidine groups is 1. The number of esters is 1. The molecule has 0 radical (unpaired) electrons. The Morgan fingerprint density at radius 2 is 1.95 bits per heavy atom.